The molecule has 1 rings (SSSR count). The third-order valence-corrected chi connectivity index (χ3v) is 2.55. The van der Waals surface area contributed by atoms with Crippen molar-refractivity contribution in [3.05, 3.63) is 29.8 Å². The maximum Gasteiger partial charge on any atom is 0.119 e. The summed E-state index contributed by atoms with van der Waals surface area (Å²) in [5.41, 5.74) is 1.22. The highest BCUT2D eigenvalue weighted by atomic mass is 16.5. The Morgan fingerprint density at radius 1 is 1.18 bits per heavy atom. The van der Waals surface area contributed by atoms with E-state index in [0.29, 0.717) is 13.2 Å². The van der Waals surface area contributed by atoms with Gasteiger partial charge in [0.15, 0.2) is 0 Å². The van der Waals surface area contributed by atoms with Gasteiger partial charge in [-0.1, -0.05) is 12.1 Å². The smallest absolute Gasteiger partial charge is 0.119 e. The van der Waals surface area contributed by atoms with Crippen LogP contribution in [-0.4, -0.2) is 31.4 Å². The summed E-state index contributed by atoms with van der Waals surface area (Å²) < 4.78 is 5.61. The maximum absolute atomic E-state index is 8.62. The first kappa shape index (κ1) is 14.0. The quantitative estimate of drug-likeness (QED) is 0.646. The maximum atomic E-state index is 8.62. The van der Waals surface area contributed by atoms with E-state index in [4.69, 9.17) is 9.84 Å². The van der Waals surface area contributed by atoms with Gasteiger partial charge in [-0.3, -0.25) is 0 Å². The zero-order valence-electron chi connectivity index (χ0n) is 10.6. The Bertz CT molecular complexity index is 302. The molecule has 0 aliphatic heterocycles. The van der Waals surface area contributed by atoms with Gasteiger partial charge < -0.3 is 15.2 Å². The van der Waals surface area contributed by atoms with Crippen molar-refractivity contribution in [3.63, 3.8) is 0 Å². The number of benzene rings is 1. The second-order valence-electron chi connectivity index (χ2n) is 4.20. The van der Waals surface area contributed by atoms with Crippen molar-refractivity contribution < 1.29 is 9.84 Å². The van der Waals surface area contributed by atoms with Crippen LogP contribution < -0.4 is 10.1 Å². The minimum atomic E-state index is 0.302. The Balaban J connectivity index is 1.97. The molecule has 3 nitrogen and oxygen atoms in total. The lowest BCUT2D eigenvalue weighted by atomic mass is 10.2. The largest absolute Gasteiger partial charge is 0.492 e. The van der Waals surface area contributed by atoms with Crippen LogP contribution in [0.5, 0.6) is 5.75 Å². The van der Waals surface area contributed by atoms with Gasteiger partial charge in [0, 0.05) is 13.2 Å². The monoisotopic (exact) mass is 237 g/mol. The summed E-state index contributed by atoms with van der Waals surface area (Å²) in [4.78, 5) is 0. The molecule has 1 aromatic carbocycles. The number of nitrogens with one attached hydrogen (secondary N) is 1. The molecule has 96 valence electrons. The van der Waals surface area contributed by atoms with E-state index in [2.05, 4.69) is 18.3 Å². The molecular formula is C14H23NO2. The summed E-state index contributed by atoms with van der Waals surface area (Å²) >= 11 is 0. The van der Waals surface area contributed by atoms with E-state index in [1.165, 1.54) is 5.56 Å². The molecule has 0 aromatic heterocycles. The molecule has 0 amide bonds. The summed E-state index contributed by atoms with van der Waals surface area (Å²) in [6, 6.07) is 8.09. The fraction of sp³-hybridized carbons (Fsp3) is 0.571. The molecule has 0 atom stereocenters. The average Bonchev–Trinajstić information content (AvgIpc) is 2.33. The summed E-state index contributed by atoms with van der Waals surface area (Å²) in [7, 11) is 0. The SMILES string of the molecule is Cc1cccc(OCCNCCCCCO)c1. The highest BCUT2D eigenvalue weighted by molar-refractivity contribution is 5.27. The number of hydrogen-bond acceptors (Lipinski definition) is 3. The molecule has 0 spiro atoms. The molecule has 0 aliphatic carbocycles. The van der Waals surface area contributed by atoms with Gasteiger partial charge in [0.2, 0.25) is 0 Å². The van der Waals surface area contributed by atoms with Gasteiger partial charge in [-0.05, 0) is 50.4 Å². The van der Waals surface area contributed by atoms with Crippen LogP contribution in [0.25, 0.3) is 0 Å². The van der Waals surface area contributed by atoms with Gasteiger partial charge >= 0.3 is 0 Å². The minimum absolute atomic E-state index is 0.302. The van der Waals surface area contributed by atoms with Gasteiger partial charge in [0.1, 0.15) is 12.4 Å². The first-order chi connectivity index (χ1) is 8.33. The number of rotatable bonds is 9. The van der Waals surface area contributed by atoms with Crippen molar-refractivity contribution in [1.29, 1.82) is 0 Å². The molecular weight excluding hydrogens is 214 g/mol. The molecule has 0 heterocycles. The van der Waals surface area contributed by atoms with Crippen LogP contribution in [-0.2, 0) is 0 Å². The van der Waals surface area contributed by atoms with Gasteiger partial charge in [0.25, 0.3) is 0 Å². The summed E-state index contributed by atoms with van der Waals surface area (Å²) in [6.07, 6.45) is 3.11. The zero-order valence-corrected chi connectivity index (χ0v) is 10.6. The van der Waals surface area contributed by atoms with E-state index in [1.807, 2.05) is 18.2 Å². The van der Waals surface area contributed by atoms with Crippen molar-refractivity contribution in [2.24, 2.45) is 0 Å². The number of aryl methyl sites for hydroxylation is 1. The molecule has 0 bridgehead atoms. The van der Waals surface area contributed by atoms with E-state index in [1.54, 1.807) is 0 Å². The van der Waals surface area contributed by atoms with Crippen LogP contribution in [0.15, 0.2) is 24.3 Å². The molecule has 0 saturated heterocycles. The molecule has 3 heteroatoms. The topological polar surface area (TPSA) is 41.5 Å². The molecule has 1 aromatic rings. The van der Waals surface area contributed by atoms with E-state index < -0.39 is 0 Å². The summed E-state index contributed by atoms with van der Waals surface area (Å²) in [5, 5.41) is 11.9. The molecule has 0 saturated carbocycles. The van der Waals surface area contributed by atoms with Crippen LogP contribution in [0.1, 0.15) is 24.8 Å². The number of ether oxygens (including phenoxy) is 1. The Morgan fingerprint density at radius 2 is 2.06 bits per heavy atom. The Kier molecular flexibility index (Phi) is 7.43. The lowest BCUT2D eigenvalue weighted by Crippen LogP contribution is -2.22. The van der Waals surface area contributed by atoms with Crippen molar-refractivity contribution in [2.75, 3.05) is 26.3 Å². The van der Waals surface area contributed by atoms with Crippen LogP contribution >= 0.6 is 0 Å². The average molecular weight is 237 g/mol. The highest BCUT2D eigenvalue weighted by Gasteiger charge is 1.93. The first-order valence-corrected chi connectivity index (χ1v) is 6.34. The highest BCUT2D eigenvalue weighted by Crippen LogP contribution is 2.11. The second-order valence-corrected chi connectivity index (χ2v) is 4.20. The van der Waals surface area contributed by atoms with Gasteiger partial charge in [-0.25, -0.2) is 0 Å². The van der Waals surface area contributed by atoms with Crippen molar-refractivity contribution in [3.8, 4) is 5.75 Å². The third kappa shape index (κ3) is 6.97. The third-order valence-electron chi connectivity index (χ3n) is 2.55. The Hall–Kier alpha value is -1.06. The number of hydrogen-bond donors (Lipinski definition) is 2. The van der Waals surface area contributed by atoms with Gasteiger partial charge in [-0.2, -0.15) is 0 Å². The number of aliphatic hydroxyl groups excluding tert-OH is 1. The second kappa shape index (κ2) is 9.02. The van der Waals surface area contributed by atoms with Crippen molar-refractivity contribution in [1.82, 2.24) is 5.32 Å². The lowest BCUT2D eigenvalue weighted by molar-refractivity contribution is 0.281. The molecule has 0 aliphatic rings. The fourth-order valence-electron chi connectivity index (χ4n) is 1.61. The van der Waals surface area contributed by atoms with Crippen LogP contribution in [0, 0.1) is 6.92 Å². The van der Waals surface area contributed by atoms with Crippen LogP contribution in [0.3, 0.4) is 0 Å². The first-order valence-electron chi connectivity index (χ1n) is 6.34. The van der Waals surface area contributed by atoms with E-state index in [9.17, 15) is 0 Å². The fourth-order valence-corrected chi connectivity index (χ4v) is 1.61. The van der Waals surface area contributed by atoms with Gasteiger partial charge in [0.05, 0.1) is 0 Å². The van der Waals surface area contributed by atoms with Crippen LogP contribution in [0.2, 0.25) is 0 Å². The molecule has 0 unspecified atom stereocenters. The number of aliphatic hydroxyl groups is 1. The summed E-state index contributed by atoms with van der Waals surface area (Å²) in [6.45, 7) is 4.93. The summed E-state index contributed by atoms with van der Waals surface area (Å²) in [5.74, 6) is 0.937. The minimum Gasteiger partial charge on any atom is -0.492 e. The molecule has 0 fully saturated rings. The molecule has 0 radical (unpaired) electrons. The van der Waals surface area contributed by atoms with Crippen LogP contribution in [0.4, 0.5) is 0 Å². The van der Waals surface area contributed by atoms with E-state index in [-0.39, 0.29) is 0 Å². The Morgan fingerprint density at radius 3 is 2.82 bits per heavy atom. The molecule has 17 heavy (non-hydrogen) atoms. The van der Waals surface area contributed by atoms with E-state index in [0.717, 1.165) is 38.1 Å². The lowest BCUT2D eigenvalue weighted by Gasteiger charge is -2.07. The van der Waals surface area contributed by atoms with E-state index >= 15 is 0 Å². The predicted molar refractivity (Wildman–Crippen MR) is 70.5 cm³/mol. The van der Waals surface area contributed by atoms with Crippen molar-refractivity contribution in [2.45, 2.75) is 26.2 Å². The number of unbranched alkanes of at least 4 members (excludes halogenated alkanes) is 2. The molecule has 2 N–H and O–H groups in total. The zero-order chi connectivity index (χ0) is 12.3. The predicted octanol–water partition coefficient (Wildman–Crippen LogP) is 2.13. The standard InChI is InChI=1S/C14H23NO2/c1-13-6-5-7-14(12-13)17-11-9-15-8-3-2-4-10-16/h5-7,12,15-16H,2-4,8-11H2,1H3. The Labute approximate surface area is 104 Å². The van der Waals surface area contributed by atoms with Gasteiger partial charge in [-0.15, -0.1) is 0 Å². The normalized spacial score (nSPS) is 10.5. The van der Waals surface area contributed by atoms with Crippen molar-refractivity contribution >= 4 is 0 Å².